The molecule has 2 heterocycles. The van der Waals surface area contributed by atoms with Crippen LogP contribution in [0.25, 0.3) is 16.8 Å². The number of halogens is 6. The minimum Gasteiger partial charge on any atom is -0.703 e. The first-order valence-electron chi connectivity index (χ1n) is 9.73. The molecular weight excluding hydrogens is 642 g/mol. The van der Waals surface area contributed by atoms with E-state index in [1.807, 2.05) is 5.32 Å². The molecule has 7 nitrogen and oxygen atoms in total. The number of carbonyl (C=O) groups is 1. The number of urea groups is 1. The minimum atomic E-state index is -4.51. The first-order valence-corrected chi connectivity index (χ1v) is 9.73. The van der Waals surface area contributed by atoms with E-state index >= 15 is 0 Å². The number of aromatic nitrogens is 2. The average molecular weight is 669 g/mol. The fourth-order valence-electron chi connectivity index (χ4n) is 2.91. The Morgan fingerprint density at radius 2 is 1.85 bits per heavy atom. The van der Waals surface area contributed by atoms with Crippen LogP contribution in [0.15, 0.2) is 30.5 Å². The molecule has 0 saturated carbocycles. The summed E-state index contributed by atoms with van der Waals surface area (Å²) in [7, 11) is 1.00. The van der Waals surface area contributed by atoms with Crippen molar-refractivity contribution in [3.05, 3.63) is 47.6 Å². The fourth-order valence-corrected chi connectivity index (χ4v) is 2.91. The third-order valence-corrected chi connectivity index (χ3v) is 4.23. The van der Waals surface area contributed by atoms with Crippen molar-refractivity contribution in [1.29, 1.82) is 0 Å². The molecule has 1 radical (unpaired) electrons. The number of H-pyrrole nitrogens is 1. The number of alkyl halides is 6. The van der Waals surface area contributed by atoms with E-state index in [1.54, 1.807) is 25.1 Å². The van der Waals surface area contributed by atoms with Gasteiger partial charge in [0, 0.05) is 46.9 Å². The molecule has 0 aliphatic carbocycles. The molecule has 1 atom stereocenters. The normalized spacial score (nSPS) is 15.5. The minimum absolute atomic E-state index is 0. The van der Waals surface area contributed by atoms with Crippen LogP contribution < -0.4 is 5.32 Å². The van der Waals surface area contributed by atoms with Gasteiger partial charge < -0.3 is 26.0 Å². The van der Waals surface area contributed by atoms with E-state index in [2.05, 4.69) is 16.5 Å². The number of carbonyl (C=O) groups excluding carboxylic acids is 1. The molecule has 0 bridgehead atoms. The number of rotatable bonds is 5. The van der Waals surface area contributed by atoms with Gasteiger partial charge in [0.1, 0.15) is 11.9 Å². The number of aliphatic hydroxyl groups is 1. The Bertz CT molecular complexity index is 928. The average Bonchev–Trinajstić information content (AvgIpc) is 3.24. The largest absolute Gasteiger partial charge is 0.703 e. The summed E-state index contributed by atoms with van der Waals surface area (Å²) in [5, 5.41) is 8.89. The monoisotopic (exact) mass is 669 g/mol. The summed E-state index contributed by atoms with van der Waals surface area (Å²) in [6.07, 6.45) is -9.60. The van der Waals surface area contributed by atoms with Gasteiger partial charge in [-0.3, -0.25) is 0 Å². The molecule has 1 fully saturated rings. The maximum Gasteiger partial charge on any atom is 0.410 e. The number of aromatic amines is 1. The SMILES string of the molecule is C=C(C)[NH-].CO.O=C1N[C@H](C(F)(F)F)CN1Cc1ccc2nc(CCCC(F)(F)F)[nH]c2c1.[Re]. The van der Waals surface area contributed by atoms with Crippen LogP contribution in [-0.2, 0) is 33.4 Å². The number of imidazole rings is 1. The Labute approximate surface area is 206 Å². The molecule has 2 aromatic rings. The zero-order chi connectivity index (χ0) is 25.4. The van der Waals surface area contributed by atoms with Gasteiger partial charge in [0.05, 0.1) is 17.6 Å². The summed E-state index contributed by atoms with van der Waals surface area (Å²) in [6.45, 7) is 4.36. The third kappa shape index (κ3) is 10.8. The Balaban J connectivity index is 0.00000141. The molecule has 1 aromatic heterocycles. The number of aryl methyl sites for hydroxylation is 1. The molecule has 4 N–H and O–H groups in total. The van der Waals surface area contributed by atoms with Crippen LogP contribution in [0.1, 0.15) is 31.2 Å². The van der Waals surface area contributed by atoms with E-state index in [1.165, 1.54) is 0 Å². The first kappa shape index (κ1) is 31.7. The Morgan fingerprint density at radius 3 is 2.35 bits per heavy atom. The van der Waals surface area contributed by atoms with Crippen LogP contribution in [0.5, 0.6) is 0 Å². The predicted molar refractivity (Wildman–Crippen MR) is 111 cm³/mol. The van der Waals surface area contributed by atoms with Crippen molar-refractivity contribution < 1.29 is 56.7 Å². The van der Waals surface area contributed by atoms with E-state index in [0.717, 1.165) is 12.0 Å². The number of hydrogen-bond donors (Lipinski definition) is 3. The molecule has 1 aliphatic rings. The zero-order valence-corrected chi connectivity index (χ0v) is 21.2. The van der Waals surface area contributed by atoms with E-state index in [0.29, 0.717) is 28.1 Å². The van der Waals surface area contributed by atoms with Crippen molar-refractivity contribution in [3.63, 3.8) is 0 Å². The van der Waals surface area contributed by atoms with Crippen LogP contribution in [0.2, 0.25) is 0 Å². The van der Waals surface area contributed by atoms with Crippen molar-refractivity contribution in [3.8, 4) is 0 Å². The van der Waals surface area contributed by atoms with Gasteiger partial charge in [0.15, 0.2) is 0 Å². The van der Waals surface area contributed by atoms with Crippen LogP contribution in [0, 0.1) is 0 Å². The third-order valence-electron chi connectivity index (χ3n) is 4.23. The molecule has 193 valence electrons. The predicted octanol–water partition coefficient (Wildman–Crippen LogP) is 5.08. The molecule has 1 saturated heterocycles. The van der Waals surface area contributed by atoms with Crippen LogP contribution in [-0.4, -0.2) is 58.1 Å². The van der Waals surface area contributed by atoms with E-state index in [4.69, 9.17) is 10.8 Å². The molecule has 3 rings (SSSR count). The number of nitrogens with zero attached hydrogens (tertiary/aromatic N) is 2. The summed E-state index contributed by atoms with van der Waals surface area (Å²) in [5.41, 5.74) is 8.49. The summed E-state index contributed by atoms with van der Waals surface area (Å²) in [4.78, 5) is 19.9. The molecule has 2 amide bonds. The van der Waals surface area contributed by atoms with Gasteiger partial charge in [0.2, 0.25) is 0 Å². The van der Waals surface area contributed by atoms with E-state index in [-0.39, 0.29) is 39.8 Å². The topological polar surface area (TPSA) is 105 Å². The zero-order valence-electron chi connectivity index (χ0n) is 18.4. The number of allylic oxidation sites excluding steroid dienone is 1. The van der Waals surface area contributed by atoms with Crippen molar-refractivity contribution in [2.24, 2.45) is 0 Å². The number of aliphatic hydroxyl groups excluding tert-OH is 1. The second kappa shape index (κ2) is 13.6. The number of nitrogens with one attached hydrogen (secondary N) is 3. The standard InChI is InChI=1S/C16H16F6N4O.C3H6N.CH4O.Re/c17-15(18,19)5-1-2-13-23-10-4-3-9(6-11(10)24-13)7-26-8-12(16(20,21)22)25-14(26)27;1-3(2)4;1-2;/h3-4,6,12H,1-2,5,7-8H2,(H,23,24)(H,25,27);4H,1H2,2H3;2H,1H3;/q;-1;;/t12-;;;/m0.../s1. The Kier molecular flexibility index (Phi) is 12.6. The number of amides is 2. The number of hydrogen-bond acceptors (Lipinski definition) is 3. The van der Waals surface area contributed by atoms with Gasteiger partial charge in [0.25, 0.3) is 0 Å². The maximum absolute atomic E-state index is 12.7. The molecule has 0 spiro atoms. The van der Waals surface area contributed by atoms with Gasteiger partial charge in [-0.1, -0.05) is 13.0 Å². The summed E-state index contributed by atoms with van der Waals surface area (Å²) < 4.78 is 74.7. The maximum atomic E-state index is 12.7. The number of fused-ring (bicyclic) bond motifs is 1. The van der Waals surface area contributed by atoms with Crippen molar-refractivity contribution in [2.45, 2.75) is 51.1 Å². The first-order chi connectivity index (χ1) is 15.2. The molecular formula is C20H26F6N5O2Re-. The van der Waals surface area contributed by atoms with Gasteiger partial charge in [-0.25, -0.2) is 9.78 Å². The molecule has 1 aromatic carbocycles. The van der Waals surface area contributed by atoms with E-state index < -0.39 is 37.4 Å². The second-order valence-corrected chi connectivity index (χ2v) is 7.21. The summed E-state index contributed by atoms with van der Waals surface area (Å²) in [5.74, 6) is 0.405. The second-order valence-electron chi connectivity index (χ2n) is 7.21. The van der Waals surface area contributed by atoms with Crippen molar-refractivity contribution in [2.75, 3.05) is 13.7 Å². The summed E-state index contributed by atoms with van der Waals surface area (Å²) >= 11 is 0. The molecule has 0 unspecified atom stereocenters. The van der Waals surface area contributed by atoms with Gasteiger partial charge in [-0.2, -0.15) is 32.0 Å². The molecule has 14 heteroatoms. The Hall–Kier alpha value is -2.30. The summed E-state index contributed by atoms with van der Waals surface area (Å²) in [6, 6.07) is 2.17. The van der Waals surface area contributed by atoms with Gasteiger partial charge >= 0.3 is 18.4 Å². The molecule has 1 aliphatic heterocycles. The van der Waals surface area contributed by atoms with Crippen LogP contribution >= 0.6 is 0 Å². The van der Waals surface area contributed by atoms with Gasteiger partial charge in [-0.05, 0) is 24.1 Å². The van der Waals surface area contributed by atoms with Crippen molar-refractivity contribution in [1.82, 2.24) is 20.2 Å². The Morgan fingerprint density at radius 1 is 1.26 bits per heavy atom. The van der Waals surface area contributed by atoms with Gasteiger partial charge in [-0.15, -0.1) is 6.58 Å². The van der Waals surface area contributed by atoms with Crippen molar-refractivity contribution >= 4 is 17.1 Å². The number of benzene rings is 1. The fraction of sp³-hybridized carbons (Fsp3) is 0.500. The van der Waals surface area contributed by atoms with E-state index in [9.17, 15) is 31.1 Å². The quantitative estimate of drug-likeness (QED) is 0.387. The molecule has 34 heavy (non-hydrogen) atoms. The van der Waals surface area contributed by atoms with Crippen LogP contribution in [0.4, 0.5) is 31.1 Å². The van der Waals surface area contributed by atoms with Crippen LogP contribution in [0.3, 0.4) is 0 Å². The smallest absolute Gasteiger partial charge is 0.410 e.